The molecule has 2 aromatic rings. The summed E-state index contributed by atoms with van der Waals surface area (Å²) in [4.78, 5) is 22.6. The third-order valence-electron chi connectivity index (χ3n) is 3.28. The van der Waals surface area contributed by atoms with E-state index in [1.54, 1.807) is 6.07 Å². The third-order valence-corrected chi connectivity index (χ3v) is 3.28. The standard InChI is InChI=1S/C16H14O5/c1-9(17)19-15-14-12-6-4-3-5-11(12)7-8-13(14)21-16(15)20-10(2)18/h3-8,15-16H,1-2H3/t15-,16-/m1/s1. The number of fused-ring (bicyclic) bond motifs is 3. The molecule has 0 fully saturated rings. The van der Waals surface area contributed by atoms with Crippen LogP contribution in [0.25, 0.3) is 10.8 Å². The highest BCUT2D eigenvalue weighted by atomic mass is 16.7. The van der Waals surface area contributed by atoms with Gasteiger partial charge in [-0.2, -0.15) is 0 Å². The van der Waals surface area contributed by atoms with Gasteiger partial charge >= 0.3 is 11.9 Å². The SMILES string of the molecule is CC(=O)O[C@@H]1Oc2ccc3ccccc3c2[C@H]1OC(C)=O. The highest BCUT2D eigenvalue weighted by Gasteiger charge is 2.40. The number of ether oxygens (including phenoxy) is 3. The van der Waals surface area contributed by atoms with Gasteiger partial charge in [-0.3, -0.25) is 9.59 Å². The van der Waals surface area contributed by atoms with Crippen molar-refractivity contribution in [1.82, 2.24) is 0 Å². The van der Waals surface area contributed by atoms with E-state index in [0.717, 1.165) is 16.3 Å². The molecule has 0 N–H and O–H groups in total. The summed E-state index contributed by atoms with van der Waals surface area (Å²) in [7, 11) is 0. The Labute approximate surface area is 121 Å². The smallest absolute Gasteiger partial charge is 0.305 e. The van der Waals surface area contributed by atoms with Crippen LogP contribution in [0.2, 0.25) is 0 Å². The Bertz CT molecular complexity index is 722. The van der Waals surface area contributed by atoms with Crippen LogP contribution in [0.15, 0.2) is 36.4 Å². The molecule has 1 aliphatic heterocycles. The zero-order chi connectivity index (χ0) is 15.0. The van der Waals surface area contributed by atoms with E-state index in [-0.39, 0.29) is 0 Å². The fourth-order valence-corrected chi connectivity index (χ4v) is 2.54. The first-order valence-corrected chi connectivity index (χ1v) is 6.59. The molecule has 5 heteroatoms. The number of benzene rings is 2. The summed E-state index contributed by atoms with van der Waals surface area (Å²) in [6.45, 7) is 2.60. The summed E-state index contributed by atoms with van der Waals surface area (Å²) in [6.07, 6.45) is -1.71. The van der Waals surface area contributed by atoms with Crippen molar-refractivity contribution in [2.24, 2.45) is 0 Å². The maximum absolute atomic E-state index is 11.4. The molecule has 2 aromatic carbocycles. The van der Waals surface area contributed by atoms with Crippen LogP contribution in [0.1, 0.15) is 25.5 Å². The van der Waals surface area contributed by atoms with E-state index in [4.69, 9.17) is 14.2 Å². The Kier molecular flexibility index (Phi) is 3.25. The molecule has 0 unspecified atom stereocenters. The molecule has 21 heavy (non-hydrogen) atoms. The zero-order valence-electron chi connectivity index (χ0n) is 11.7. The Hall–Kier alpha value is -2.56. The maximum atomic E-state index is 11.4. The van der Waals surface area contributed by atoms with Crippen molar-refractivity contribution >= 4 is 22.7 Å². The first-order valence-electron chi connectivity index (χ1n) is 6.59. The van der Waals surface area contributed by atoms with E-state index in [0.29, 0.717) is 5.75 Å². The summed E-state index contributed by atoms with van der Waals surface area (Å²) in [5.41, 5.74) is 0.731. The molecule has 0 saturated carbocycles. The second-order valence-corrected chi connectivity index (χ2v) is 4.82. The summed E-state index contributed by atoms with van der Waals surface area (Å²) in [5, 5.41) is 1.91. The van der Waals surface area contributed by atoms with Gasteiger partial charge in [0.05, 0.1) is 5.56 Å². The molecular formula is C16H14O5. The molecule has 0 bridgehead atoms. The van der Waals surface area contributed by atoms with Gasteiger partial charge in [0.15, 0.2) is 0 Å². The number of rotatable bonds is 2. The first-order chi connectivity index (χ1) is 10.1. The van der Waals surface area contributed by atoms with Crippen molar-refractivity contribution in [1.29, 1.82) is 0 Å². The molecule has 0 radical (unpaired) electrons. The van der Waals surface area contributed by atoms with Crippen molar-refractivity contribution < 1.29 is 23.8 Å². The van der Waals surface area contributed by atoms with Crippen LogP contribution in [0.5, 0.6) is 5.75 Å². The fourth-order valence-electron chi connectivity index (χ4n) is 2.54. The molecule has 3 rings (SSSR count). The summed E-state index contributed by atoms with van der Waals surface area (Å²) in [5.74, 6) is -0.387. The van der Waals surface area contributed by atoms with Gasteiger partial charge in [-0.25, -0.2) is 0 Å². The Morgan fingerprint density at radius 2 is 1.71 bits per heavy atom. The van der Waals surface area contributed by atoms with Crippen LogP contribution in [0, 0.1) is 0 Å². The van der Waals surface area contributed by atoms with Crippen LogP contribution in [0.4, 0.5) is 0 Å². The highest BCUT2D eigenvalue weighted by molar-refractivity contribution is 5.89. The van der Waals surface area contributed by atoms with Crippen LogP contribution in [-0.4, -0.2) is 18.2 Å². The van der Waals surface area contributed by atoms with E-state index in [1.165, 1.54) is 13.8 Å². The van der Waals surface area contributed by atoms with Gasteiger partial charge in [0, 0.05) is 13.8 Å². The van der Waals surface area contributed by atoms with Gasteiger partial charge in [0.1, 0.15) is 5.75 Å². The lowest BCUT2D eigenvalue weighted by atomic mass is 10.0. The minimum atomic E-state index is -0.952. The quantitative estimate of drug-likeness (QED) is 0.794. The Morgan fingerprint density at radius 3 is 2.43 bits per heavy atom. The first kappa shape index (κ1) is 13.4. The maximum Gasteiger partial charge on any atom is 0.305 e. The third kappa shape index (κ3) is 2.42. The van der Waals surface area contributed by atoms with Gasteiger partial charge in [0.25, 0.3) is 6.29 Å². The largest absolute Gasteiger partial charge is 0.450 e. The molecule has 108 valence electrons. The van der Waals surface area contributed by atoms with Crippen LogP contribution in [0.3, 0.4) is 0 Å². The Morgan fingerprint density at radius 1 is 1.00 bits per heavy atom. The molecule has 0 aromatic heterocycles. The van der Waals surface area contributed by atoms with Gasteiger partial charge in [-0.1, -0.05) is 30.3 Å². The lowest BCUT2D eigenvalue weighted by Crippen LogP contribution is -2.27. The molecule has 0 saturated heterocycles. The predicted octanol–water partition coefficient (Wildman–Crippen LogP) is 2.73. The van der Waals surface area contributed by atoms with Crippen molar-refractivity contribution in [3.8, 4) is 5.75 Å². The predicted molar refractivity (Wildman–Crippen MR) is 74.6 cm³/mol. The second kappa shape index (κ2) is 5.09. The van der Waals surface area contributed by atoms with Crippen molar-refractivity contribution in [2.75, 3.05) is 0 Å². The molecule has 1 heterocycles. The molecule has 2 atom stereocenters. The van der Waals surface area contributed by atoms with Gasteiger partial charge in [-0.05, 0) is 16.8 Å². The molecule has 0 amide bonds. The average molecular weight is 286 g/mol. The normalized spacial score (nSPS) is 19.7. The molecule has 5 nitrogen and oxygen atoms in total. The molecule has 1 aliphatic rings. The van der Waals surface area contributed by atoms with Gasteiger partial charge < -0.3 is 14.2 Å². The monoisotopic (exact) mass is 286 g/mol. The zero-order valence-corrected chi connectivity index (χ0v) is 11.7. The van der Waals surface area contributed by atoms with Gasteiger partial charge in [0.2, 0.25) is 6.10 Å². The minimum absolute atomic E-state index is 0.457. The van der Waals surface area contributed by atoms with Crippen LogP contribution >= 0.6 is 0 Å². The number of hydrogen-bond acceptors (Lipinski definition) is 5. The number of carbonyl (C=O) groups is 2. The Balaban J connectivity index is 2.11. The van der Waals surface area contributed by atoms with Crippen molar-refractivity contribution in [3.05, 3.63) is 42.0 Å². The minimum Gasteiger partial charge on any atom is -0.450 e. The number of carbonyl (C=O) groups excluding carboxylic acids is 2. The molecule has 0 spiro atoms. The van der Waals surface area contributed by atoms with Crippen molar-refractivity contribution in [3.63, 3.8) is 0 Å². The topological polar surface area (TPSA) is 61.8 Å². The molecular weight excluding hydrogens is 272 g/mol. The lowest BCUT2D eigenvalue weighted by molar-refractivity contribution is -0.184. The number of hydrogen-bond donors (Lipinski definition) is 0. The second-order valence-electron chi connectivity index (χ2n) is 4.82. The van der Waals surface area contributed by atoms with E-state index < -0.39 is 24.3 Å². The van der Waals surface area contributed by atoms with Crippen molar-refractivity contribution in [2.45, 2.75) is 26.2 Å². The van der Waals surface area contributed by atoms with Crippen LogP contribution < -0.4 is 4.74 Å². The van der Waals surface area contributed by atoms with Gasteiger partial charge in [-0.15, -0.1) is 0 Å². The highest BCUT2D eigenvalue weighted by Crippen LogP contribution is 2.43. The van der Waals surface area contributed by atoms with Crippen LogP contribution in [-0.2, 0) is 19.1 Å². The van der Waals surface area contributed by atoms with E-state index in [9.17, 15) is 9.59 Å². The average Bonchev–Trinajstić information content (AvgIpc) is 2.75. The lowest BCUT2D eigenvalue weighted by Gasteiger charge is -2.18. The molecule has 0 aliphatic carbocycles. The van der Waals surface area contributed by atoms with E-state index in [2.05, 4.69) is 0 Å². The summed E-state index contributed by atoms with van der Waals surface area (Å²) < 4.78 is 16.1. The van der Waals surface area contributed by atoms with E-state index >= 15 is 0 Å². The summed E-state index contributed by atoms with van der Waals surface area (Å²) in [6, 6.07) is 11.4. The van der Waals surface area contributed by atoms with E-state index in [1.807, 2.05) is 30.3 Å². The summed E-state index contributed by atoms with van der Waals surface area (Å²) >= 11 is 0. The fraction of sp³-hybridized carbons (Fsp3) is 0.250. The number of esters is 2.